The van der Waals surface area contributed by atoms with Crippen LogP contribution < -0.4 is 54.4 Å². The lowest BCUT2D eigenvalue weighted by Gasteiger charge is -2.29. The van der Waals surface area contributed by atoms with Crippen LogP contribution in [-0.4, -0.2) is 141 Å². The summed E-state index contributed by atoms with van der Waals surface area (Å²) in [5.74, 6) is -9.04. The van der Waals surface area contributed by atoms with Gasteiger partial charge in [-0.3, -0.25) is 43.2 Å². The number of Topliss-reactive ketones (excluding diaryl/α,β-unsaturated/α-hetero) is 1. The highest BCUT2D eigenvalue weighted by Gasteiger charge is 2.36. The van der Waals surface area contributed by atoms with Crippen molar-refractivity contribution in [2.45, 2.75) is 106 Å². The zero-order valence-corrected chi connectivity index (χ0v) is 45.8. The minimum Gasteiger partial charge on any atom is -0.508 e. The van der Waals surface area contributed by atoms with E-state index in [1.54, 1.807) is 24.3 Å². The Morgan fingerprint density at radius 2 is 1.19 bits per heavy atom. The summed E-state index contributed by atoms with van der Waals surface area (Å²) in [6, 6.07) is 13.3. The number of carbonyl (C=O) groups is 9. The summed E-state index contributed by atoms with van der Waals surface area (Å²) >= 11 is 6.07. The Morgan fingerprint density at radius 1 is 0.688 bits per heavy atom. The van der Waals surface area contributed by atoms with Gasteiger partial charge in [0.05, 0.1) is 12.1 Å². The normalized spacial score (nSPS) is 20.8. The number of hydrogen-bond acceptors (Lipinski definition) is 17. The molecule has 1 heterocycles. The highest BCUT2D eigenvalue weighted by Crippen LogP contribution is 2.24. The number of aliphatic hydroxyl groups excluding tert-OH is 1. The number of nitrogens with one attached hydrogen (secondary N) is 7. The van der Waals surface area contributed by atoms with Crippen LogP contribution in [0.25, 0.3) is 0 Å². The molecule has 23 nitrogen and oxygen atoms in total. The molecule has 5 rings (SSSR count). The van der Waals surface area contributed by atoms with Crippen molar-refractivity contribution in [1.82, 2.24) is 37.2 Å². The first-order valence-electron chi connectivity index (χ1n) is 25.3. The van der Waals surface area contributed by atoms with Crippen molar-refractivity contribution in [1.29, 1.82) is 5.26 Å². The molecule has 0 bridgehead atoms. The van der Waals surface area contributed by atoms with Gasteiger partial charge in [0.15, 0.2) is 0 Å². The van der Waals surface area contributed by atoms with Gasteiger partial charge in [-0.05, 0) is 97.8 Å². The molecular formula is C54H64ClN11O12S2. The maximum atomic E-state index is 14.7. The van der Waals surface area contributed by atoms with E-state index in [1.165, 1.54) is 85.8 Å². The van der Waals surface area contributed by atoms with Crippen molar-refractivity contribution in [3.63, 3.8) is 0 Å². The van der Waals surface area contributed by atoms with E-state index >= 15 is 0 Å². The van der Waals surface area contributed by atoms with Crippen molar-refractivity contribution in [3.05, 3.63) is 130 Å². The second-order valence-electron chi connectivity index (χ2n) is 18.9. The third-order valence-corrected chi connectivity index (χ3v) is 15.3. The summed E-state index contributed by atoms with van der Waals surface area (Å²) in [6.07, 6.45) is -1.70. The van der Waals surface area contributed by atoms with E-state index < -0.39 is 107 Å². The zero-order valence-electron chi connectivity index (χ0n) is 43.4. The molecule has 26 heteroatoms. The van der Waals surface area contributed by atoms with Gasteiger partial charge in [0.2, 0.25) is 47.3 Å². The number of unbranched alkanes of at least 4 members (excludes halogenated alkanes) is 1. The average molecular weight is 1160 g/mol. The van der Waals surface area contributed by atoms with Crippen molar-refractivity contribution in [2.75, 3.05) is 18.1 Å². The quantitative estimate of drug-likeness (QED) is 0.0251. The molecule has 4 aromatic carbocycles. The average Bonchev–Trinajstić information content (AvgIpc) is 3.44. The summed E-state index contributed by atoms with van der Waals surface area (Å²) in [4.78, 5) is 126. The summed E-state index contributed by atoms with van der Waals surface area (Å²) in [5.41, 5.74) is 19.9. The molecule has 0 radical (unpaired) electrons. The molecule has 1 aliphatic rings. The lowest BCUT2D eigenvalue weighted by atomic mass is 10.00. The molecule has 16 N–H and O–H groups in total. The SMILES string of the molecule is C[C@@H](O)[C@@H]1NC(=O)[C@H](CCCCN)NC(=O)[C@@H](Cc2ccc(C(=O)C#N)cc2)NC(=O)[C@H](Cc2ccc(O)cc2)NC(=O)[C@H](NC(=O)[C@@H](N)Cc2ccc(Cl)cc2)CSSC[C@@H](C(=O)N[C@H](Cc2ccc(O)cc2)C(N)=O)NC1=O. The Bertz CT molecular complexity index is 2860. The summed E-state index contributed by atoms with van der Waals surface area (Å²) in [5, 5.41) is 58.8. The Morgan fingerprint density at radius 3 is 1.74 bits per heavy atom. The molecule has 80 heavy (non-hydrogen) atoms. The van der Waals surface area contributed by atoms with Crippen LogP contribution >= 0.6 is 33.2 Å². The van der Waals surface area contributed by atoms with Gasteiger partial charge < -0.3 is 69.7 Å². The Hall–Kier alpha value is -7.73. The lowest BCUT2D eigenvalue weighted by Crippen LogP contribution is -2.62. The van der Waals surface area contributed by atoms with E-state index in [9.17, 15) is 63.7 Å². The molecule has 4 aromatic rings. The number of primary amides is 1. The second-order valence-corrected chi connectivity index (χ2v) is 21.9. The predicted molar refractivity (Wildman–Crippen MR) is 299 cm³/mol. The lowest BCUT2D eigenvalue weighted by molar-refractivity contribution is -0.136. The highest BCUT2D eigenvalue weighted by atomic mass is 35.5. The fourth-order valence-corrected chi connectivity index (χ4v) is 10.5. The number of ketones is 1. The van der Waals surface area contributed by atoms with Crippen LogP contribution in [0, 0.1) is 11.3 Å². The number of benzene rings is 4. The minimum atomic E-state index is -1.77. The molecule has 0 aliphatic carbocycles. The first kappa shape index (κ1) is 63.1. The summed E-state index contributed by atoms with van der Waals surface area (Å²) in [6.45, 7) is 1.39. The number of phenolic OH excluding ortho intramolecular Hbond substituents is 2. The summed E-state index contributed by atoms with van der Waals surface area (Å²) in [7, 11) is 1.88. The van der Waals surface area contributed by atoms with Gasteiger partial charge >= 0.3 is 0 Å². The van der Waals surface area contributed by atoms with Gasteiger partial charge in [-0.25, -0.2) is 0 Å². The maximum absolute atomic E-state index is 14.7. The van der Waals surface area contributed by atoms with E-state index in [2.05, 4.69) is 37.2 Å². The van der Waals surface area contributed by atoms with Crippen molar-refractivity contribution in [2.24, 2.45) is 17.2 Å². The number of amides is 8. The van der Waals surface area contributed by atoms with Crippen LogP contribution in [0.2, 0.25) is 5.02 Å². The number of aliphatic hydroxyl groups is 1. The largest absolute Gasteiger partial charge is 0.508 e. The first-order chi connectivity index (χ1) is 38.1. The summed E-state index contributed by atoms with van der Waals surface area (Å²) < 4.78 is 0. The number of aromatic hydroxyl groups is 2. The standard InChI is InChI=1S/C54H64ClN11O12S2/c1-29(67)46-54(78)65-44(52(76)61-40(47(59)71)23-32-9-17-36(68)18-10-32)28-80-79-27-43(64-48(72)38(58)22-30-7-15-35(55)16-8-30)53(77)63-42(25-33-11-19-37(69)20-12-33)51(75)62-41(24-31-5-13-34(14-6-31)45(70)26-57)50(74)60-39(49(73)66-46)4-2-3-21-56/h5-20,29,38-44,46,67-69H,2-4,21-25,27-28,56,58H2,1H3,(H2,59,71)(H,60,74)(H,61,76)(H,62,75)(H,63,77)(H,64,72)(H,65,78)(H,66,73)/t29-,38+,39+,40-,41-,42+,43-,44+,46+/m1/s1. The van der Waals surface area contributed by atoms with Gasteiger partial charge in [0.25, 0.3) is 5.78 Å². The van der Waals surface area contributed by atoms with Crippen molar-refractivity contribution < 1.29 is 58.5 Å². The second kappa shape index (κ2) is 31.2. The molecule has 8 amide bonds. The monoisotopic (exact) mass is 1160 g/mol. The molecule has 1 aliphatic heterocycles. The van der Waals surface area contributed by atoms with Gasteiger partial charge in [-0.1, -0.05) is 93.9 Å². The molecule has 0 unspecified atom stereocenters. The third kappa shape index (κ3) is 19.9. The number of nitriles is 1. The number of rotatable bonds is 19. The smallest absolute Gasteiger partial charge is 0.262 e. The van der Waals surface area contributed by atoms with Crippen LogP contribution in [0.15, 0.2) is 97.1 Å². The number of halogens is 1. The molecule has 426 valence electrons. The molecule has 0 aromatic heterocycles. The van der Waals surface area contributed by atoms with E-state index in [1.807, 2.05) is 0 Å². The van der Waals surface area contributed by atoms with E-state index in [-0.39, 0.29) is 73.6 Å². The number of carbonyl (C=O) groups excluding carboxylic acids is 9. The Kier molecular flexibility index (Phi) is 24.6. The third-order valence-electron chi connectivity index (χ3n) is 12.6. The van der Waals surface area contributed by atoms with Crippen LogP contribution in [0.4, 0.5) is 0 Å². The molecule has 1 fully saturated rings. The minimum absolute atomic E-state index is 0.0171. The molecule has 0 spiro atoms. The van der Waals surface area contributed by atoms with Crippen molar-refractivity contribution in [3.8, 4) is 17.6 Å². The molecule has 9 atom stereocenters. The molecule has 1 saturated heterocycles. The zero-order chi connectivity index (χ0) is 58.5. The number of nitrogens with two attached hydrogens (primary N) is 3. The number of hydrogen-bond donors (Lipinski definition) is 13. The number of phenols is 2. The van der Waals surface area contributed by atoms with E-state index in [0.29, 0.717) is 33.7 Å². The van der Waals surface area contributed by atoms with Gasteiger partial charge in [0.1, 0.15) is 59.9 Å². The van der Waals surface area contributed by atoms with Gasteiger partial charge in [-0.2, -0.15) is 5.26 Å². The van der Waals surface area contributed by atoms with E-state index in [0.717, 1.165) is 21.6 Å². The van der Waals surface area contributed by atoms with E-state index in [4.69, 9.17) is 28.8 Å². The highest BCUT2D eigenvalue weighted by molar-refractivity contribution is 8.76. The fraction of sp³-hybridized carbons (Fsp3) is 0.370. The predicted octanol–water partition coefficient (Wildman–Crippen LogP) is -0.161. The van der Waals surface area contributed by atoms with Crippen molar-refractivity contribution >= 4 is 86.2 Å². The maximum Gasteiger partial charge on any atom is 0.262 e. The van der Waals surface area contributed by atoms with Crippen LogP contribution in [0.1, 0.15) is 58.8 Å². The number of nitrogens with zero attached hydrogens (tertiary/aromatic N) is 1. The first-order valence-corrected chi connectivity index (χ1v) is 28.1. The van der Waals surface area contributed by atoms with Gasteiger partial charge in [0, 0.05) is 41.4 Å². The fourth-order valence-electron chi connectivity index (χ4n) is 8.08. The van der Waals surface area contributed by atoms with Crippen LogP contribution in [0.3, 0.4) is 0 Å². The molecular weight excluding hydrogens is 1090 g/mol. The Balaban J connectivity index is 1.58. The van der Waals surface area contributed by atoms with Crippen LogP contribution in [-0.2, 0) is 64.0 Å². The van der Waals surface area contributed by atoms with Crippen LogP contribution in [0.5, 0.6) is 11.5 Å². The Labute approximate surface area is 474 Å². The van der Waals surface area contributed by atoms with Gasteiger partial charge in [-0.15, -0.1) is 0 Å². The topological polar surface area (TPSA) is 400 Å². The molecule has 0 saturated carbocycles.